The van der Waals surface area contributed by atoms with Crippen LogP contribution in [0.1, 0.15) is 33.5 Å². The number of allylic oxidation sites excluding steroid dienone is 3. The van der Waals surface area contributed by atoms with Crippen molar-refractivity contribution in [1.82, 2.24) is 5.01 Å². The van der Waals surface area contributed by atoms with Crippen LogP contribution in [0, 0.1) is 23.7 Å². The van der Waals surface area contributed by atoms with Crippen LogP contribution in [0.15, 0.2) is 66.3 Å². The third kappa shape index (κ3) is 4.08. The summed E-state index contributed by atoms with van der Waals surface area (Å²) in [5.74, 6) is -0.874. The zero-order valence-corrected chi connectivity index (χ0v) is 19.8. The molecule has 1 saturated heterocycles. The maximum atomic E-state index is 12.9. The molecule has 8 heteroatoms. The Kier molecular flexibility index (Phi) is 6.18. The van der Waals surface area contributed by atoms with Crippen molar-refractivity contribution in [1.29, 1.82) is 0 Å². The van der Waals surface area contributed by atoms with Gasteiger partial charge in [-0.3, -0.25) is 9.59 Å². The smallest absolute Gasteiger partial charge is 0.335 e. The third-order valence-corrected chi connectivity index (χ3v) is 7.06. The van der Waals surface area contributed by atoms with E-state index in [-0.39, 0.29) is 47.7 Å². The molecule has 0 radical (unpaired) electrons. The number of rotatable bonds is 9. The molecule has 36 heavy (non-hydrogen) atoms. The summed E-state index contributed by atoms with van der Waals surface area (Å²) < 4.78 is 11.6. The van der Waals surface area contributed by atoms with Crippen LogP contribution >= 0.6 is 0 Å². The number of fused-ring (bicyclic) bond motifs is 5. The minimum absolute atomic E-state index is 0.128. The highest BCUT2D eigenvalue weighted by molar-refractivity contribution is 6.06. The average Bonchev–Trinajstić information content (AvgIpc) is 3.56. The molecule has 5 rings (SSSR count). The number of carboxylic acids is 1. The highest BCUT2D eigenvalue weighted by Crippen LogP contribution is 2.52. The lowest BCUT2D eigenvalue weighted by Gasteiger charge is -2.16. The second-order valence-electron chi connectivity index (χ2n) is 9.23. The van der Waals surface area contributed by atoms with Crippen molar-refractivity contribution in [3.8, 4) is 11.5 Å². The standard InChI is InChI=1S/C28H26N2O6/c1-3-5-20-11-17(14-29-30-26(31)23-18-8-9-19(13-18)24(23)27(30)32)12-22(35-2)25(20)36-15-16-6-4-7-21(10-16)28(33)34/h3-4,6-12,14,18-19,23-24H,1,5,13,15H2,2H3,(H,33,34)/t18-,19-,23-,24+/m0/s1. The highest BCUT2D eigenvalue weighted by atomic mass is 16.5. The number of aromatic carboxylic acids is 1. The van der Waals surface area contributed by atoms with Crippen LogP contribution in [0.2, 0.25) is 0 Å². The van der Waals surface area contributed by atoms with Gasteiger partial charge >= 0.3 is 5.97 Å². The Morgan fingerprint density at radius 1 is 1.17 bits per heavy atom. The van der Waals surface area contributed by atoms with E-state index in [1.807, 2.05) is 18.2 Å². The monoisotopic (exact) mass is 486 g/mol. The molecule has 4 atom stereocenters. The molecule has 3 aliphatic rings. The number of hydrogen-bond acceptors (Lipinski definition) is 6. The topological polar surface area (TPSA) is 106 Å². The maximum absolute atomic E-state index is 12.9. The predicted molar refractivity (Wildman–Crippen MR) is 132 cm³/mol. The second-order valence-corrected chi connectivity index (χ2v) is 9.23. The van der Waals surface area contributed by atoms with Gasteiger partial charge in [-0.1, -0.05) is 30.4 Å². The molecule has 1 saturated carbocycles. The summed E-state index contributed by atoms with van der Waals surface area (Å²) in [7, 11) is 1.52. The first-order valence-electron chi connectivity index (χ1n) is 11.8. The number of hydrogen-bond donors (Lipinski definition) is 1. The van der Waals surface area contributed by atoms with Gasteiger partial charge < -0.3 is 14.6 Å². The molecule has 0 spiro atoms. The number of imide groups is 1. The highest BCUT2D eigenvalue weighted by Gasteiger charge is 2.59. The van der Waals surface area contributed by atoms with Crippen LogP contribution in [0.3, 0.4) is 0 Å². The lowest BCUT2D eigenvalue weighted by Crippen LogP contribution is -2.28. The normalized spacial score (nSPS) is 24.0. The number of carboxylic acid groups (broad SMARTS) is 1. The number of nitrogens with zero attached hydrogens (tertiary/aromatic N) is 2. The first-order valence-corrected chi connectivity index (χ1v) is 11.8. The fourth-order valence-corrected chi connectivity index (χ4v) is 5.46. The average molecular weight is 487 g/mol. The van der Waals surface area contributed by atoms with E-state index >= 15 is 0 Å². The Morgan fingerprint density at radius 3 is 2.53 bits per heavy atom. The molecule has 2 aliphatic carbocycles. The Labute approximate surface area is 208 Å². The Morgan fingerprint density at radius 2 is 1.89 bits per heavy atom. The molecule has 1 aliphatic heterocycles. The van der Waals surface area contributed by atoms with E-state index in [0.29, 0.717) is 29.0 Å². The minimum atomic E-state index is -1.01. The van der Waals surface area contributed by atoms with E-state index in [4.69, 9.17) is 9.47 Å². The van der Waals surface area contributed by atoms with Crippen LogP contribution in [0.4, 0.5) is 0 Å². The van der Waals surface area contributed by atoms with E-state index in [2.05, 4.69) is 11.7 Å². The molecular formula is C28H26N2O6. The lowest BCUT2D eigenvalue weighted by molar-refractivity contribution is -0.140. The third-order valence-electron chi connectivity index (χ3n) is 7.06. The molecular weight excluding hydrogens is 460 g/mol. The van der Waals surface area contributed by atoms with Gasteiger partial charge in [-0.05, 0) is 60.1 Å². The quantitative estimate of drug-likeness (QED) is 0.328. The first kappa shape index (κ1) is 23.5. The maximum Gasteiger partial charge on any atom is 0.335 e. The molecule has 2 bridgehead atoms. The minimum Gasteiger partial charge on any atom is -0.493 e. The van der Waals surface area contributed by atoms with Crippen LogP contribution in [0.5, 0.6) is 11.5 Å². The summed E-state index contributed by atoms with van der Waals surface area (Å²) in [5, 5.41) is 14.5. The van der Waals surface area contributed by atoms with E-state index in [1.54, 1.807) is 30.3 Å². The van der Waals surface area contributed by atoms with E-state index < -0.39 is 5.97 Å². The fraction of sp³-hybridized carbons (Fsp3) is 0.286. The second kappa shape index (κ2) is 9.45. The number of hydrazone groups is 1. The van der Waals surface area contributed by atoms with E-state index in [1.165, 1.54) is 19.4 Å². The fourth-order valence-electron chi connectivity index (χ4n) is 5.46. The van der Waals surface area contributed by atoms with Crippen LogP contribution in [0.25, 0.3) is 0 Å². The summed E-state index contributed by atoms with van der Waals surface area (Å²) in [5.41, 5.74) is 2.30. The van der Waals surface area contributed by atoms with E-state index in [9.17, 15) is 19.5 Å². The number of amides is 2. The van der Waals surface area contributed by atoms with Gasteiger partial charge in [-0.25, -0.2) is 4.79 Å². The molecule has 184 valence electrons. The molecule has 1 N–H and O–H groups in total. The van der Waals surface area contributed by atoms with Crippen molar-refractivity contribution in [3.63, 3.8) is 0 Å². The molecule has 0 aromatic heterocycles. The SMILES string of the molecule is C=CCc1cc(C=NN2C(=O)[C@@H]3[C@H](C2=O)[C@H]2C=C[C@H]3C2)cc(OC)c1OCc1cccc(C(=O)O)c1. The van der Waals surface area contributed by atoms with Crippen LogP contribution in [-0.2, 0) is 22.6 Å². The van der Waals surface area contributed by atoms with Gasteiger partial charge in [-0.2, -0.15) is 10.1 Å². The first-order chi connectivity index (χ1) is 17.4. The van der Waals surface area contributed by atoms with Crippen LogP contribution in [-0.4, -0.2) is 41.2 Å². The number of carbonyl (C=O) groups is 3. The molecule has 0 unspecified atom stereocenters. The molecule has 2 aromatic carbocycles. The number of ether oxygens (including phenoxy) is 2. The summed E-state index contributed by atoms with van der Waals surface area (Å²) >= 11 is 0. The van der Waals surface area contributed by atoms with E-state index in [0.717, 1.165) is 17.0 Å². The summed E-state index contributed by atoms with van der Waals surface area (Å²) in [6.45, 7) is 3.96. The Bertz CT molecular complexity index is 1280. The molecule has 2 amide bonds. The van der Waals surface area contributed by atoms with Crippen molar-refractivity contribution in [3.05, 3.63) is 83.5 Å². The molecule has 1 heterocycles. The molecule has 2 aromatic rings. The Balaban J connectivity index is 1.38. The van der Waals surface area contributed by atoms with Crippen molar-refractivity contribution in [2.75, 3.05) is 7.11 Å². The Hall–Kier alpha value is -4.20. The van der Waals surface area contributed by atoms with Crippen molar-refractivity contribution >= 4 is 24.0 Å². The zero-order chi connectivity index (χ0) is 25.4. The summed E-state index contributed by atoms with van der Waals surface area (Å²) in [6.07, 6.45) is 8.66. The van der Waals surface area contributed by atoms with Crippen molar-refractivity contribution in [2.24, 2.45) is 28.8 Å². The van der Waals surface area contributed by atoms with Gasteiger partial charge in [0, 0.05) is 5.56 Å². The lowest BCUT2D eigenvalue weighted by atomic mass is 9.85. The van der Waals surface area contributed by atoms with Gasteiger partial charge in [0.15, 0.2) is 11.5 Å². The van der Waals surface area contributed by atoms with Crippen molar-refractivity contribution in [2.45, 2.75) is 19.4 Å². The largest absolute Gasteiger partial charge is 0.493 e. The number of methoxy groups -OCH3 is 1. The van der Waals surface area contributed by atoms with Crippen LogP contribution < -0.4 is 9.47 Å². The van der Waals surface area contributed by atoms with Gasteiger partial charge in [0.25, 0.3) is 11.8 Å². The van der Waals surface area contributed by atoms with Gasteiger partial charge in [0.05, 0.1) is 30.7 Å². The molecule has 8 nitrogen and oxygen atoms in total. The van der Waals surface area contributed by atoms with Gasteiger partial charge in [-0.15, -0.1) is 6.58 Å². The zero-order valence-electron chi connectivity index (χ0n) is 19.8. The van der Waals surface area contributed by atoms with Gasteiger partial charge in [0.1, 0.15) is 6.61 Å². The predicted octanol–water partition coefficient (Wildman–Crippen LogP) is 3.84. The van der Waals surface area contributed by atoms with Crippen molar-refractivity contribution < 1.29 is 29.0 Å². The summed E-state index contributed by atoms with van der Waals surface area (Å²) in [4.78, 5) is 37.1. The number of carbonyl (C=O) groups excluding carboxylic acids is 2. The number of benzene rings is 2. The van der Waals surface area contributed by atoms with Gasteiger partial charge in [0.2, 0.25) is 0 Å². The molecule has 2 fully saturated rings. The summed E-state index contributed by atoms with van der Waals surface area (Å²) in [6, 6.07) is 10.1.